The second kappa shape index (κ2) is 8.01. The summed E-state index contributed by atoms with van der Waals surface area (Å²) >= 11 is 5.79. The summed E-state index contributed by atoms with van der Waals surface area (Å²) in [4.78, 5) is 2.35. The Balaban J connectivity index is 1.61. The zero-order chi connectivity index (χ0) is 18.8. The van der Waals surface area contributed by atoms with E-state index in [0.717, 1.165) is 19.4 Å². The van der Waals surface area contributed by atoms with Gasteiger partial charge in [0.2, 0.25) is 0 Å². The van der Waals surface area contributed by atoms with Gasteiger partial charge in [-0.1, -0.05) is 25.4 Å². The fourth-order valence-electron chi connectivity index (χ4n) is 3.88. The van der Waals surface area contributed by atoms with Gasteiger partial charge in [-0.15, -0.1) is 0 Å². The SMILES string of the molecule is CC1(C)CCC(N2CCOCC(O)(COc3ccc(F)c(Cl)c3)C2)CC1. The molecule has 1 unspecified atom stereocenters. The number of ether oxygens (including phenoxy) is 2. The number of rotatable bonds is 4. The predicted molar refractivity (Wildman–Crippen MR) is 100 cm³/mol. The topological polar surface area (TPSA) is 41.9 Å². The molecule has 1 aliphatic heterocycles. The van der Waals surface area contributed by atoms with E-state index in [4.69, 9.17) is 21.1 Å². The molecule has 3 rings (SSSR count). The summed E-state index contributed by atoms with van der Waals surface area (Å²) < 4.78 is 24.6. The van der Waals surface area contributed by atoms with E-state index < -0.39 is 11.4 Å². The van der Waals surface area contributed by atoms with Crippen LogP contribution in [0.2, 0.25) is 5.02 Å². The van der Waals surface area contributed by atoms with Gasteiger partial charge in [-0.3, -0.25) is 4.90 Å². The molecule has 1 heterocycles. The molecule has 4 nitrogen and oxygen atoms in total. The van der Waals surface area contributed by atoms with Gasteiger partial charge in [-0.25, -0.2) is 4.39 Å². The van der Waals surface area contributed by atoms with Crippen LogP contribution >= 0.6 is 11.6 Å². The number of hydrogen-bond acceptors (Lipinski definition) is 4. The first-order valence-electron chi connectivity index (χ1n) is 9.38. The number of nitrogens with zero attached hydrogens (tertiary/aromatic N) is 1. The molecule has 0 bridgehead atoms. The van der Waals surface area contributed by atoms with Crippen LogP contribution in [0.1, 0.15) is 39.5 Å². The standard InChI is InChI=1S/C20H29ClFNO3/c1-19(2)7-5-15(6-8-19)23-9-10-25-13-20(24,12-23)14-26-16-3-4-18(22)17(21)11-16/h3-4,11,15,24H,5-10,12-14H2,1-2H3. The highest BCUT2D eigenvalue weighted by Gasteiger charge is 2.38. The number of hydrogen-bond donors (Lipinski definition) is 1. The number of β-amino-alcohol motifs (C(OH)–C–C–N with tert-alkyl or cyclic N) is 1. The normalized spacial score (nSPS) is 27.9. The summed E-state index contributed by atoms with van der Waals surface area (Å²) in [7, 11) is 0. The Morgan fingerprint density at radius 2 is 2.08 bits per heavy atom. The predicted octanol–water partition coefficient (Wildman–Crippen LogP) is 3.89. The molecule has 0 aromatic heterocycles. The molecule has 26 heavy (non-hydrogen) atoms. The van der Waals surface area contributed by atoms with Crippen LogP contribution in [0.25, 0.3) is 0 Å². The molecular weight excluding hydrogens is 357 g/mol. The number of aliphatic hydroxyl groups is 1. The van der Waals surface area contributed by atoms with E-state index in [9.17, 15) is 9.50 Å². The number of halogens is 2. The summed E-state index contributed by atoms with van der Waals surface area (Å²) in [6.45, 7) is 6.94. The molecule has 1 saturated heterocycles. The van der Waals surface area contributed by atoms with Crippen molar-refractivity contribution in [2.45, 2.75) is 51.2 Å². The van der Waals surface area contributed by atoms with Gasteiger partial charge in [0.1, 0.15) is 23.8 Å². The van der Waals surface area contributed by atoms with Crippen LogP contribution in [0, 0.1) is 11.2 Å². The highest BCUT2D eigenvalue weighted by Crippen LogP contribution is 2.37. The Kier molecular flexibility index (Phi) is 6.12. The monoisotopic (exact) mass is 385 g/mol. The van der Waals surface area contributed by atoms with Crippen molar-refractivity contribution < 1.29 is 19.0 Å². The molecule has 0 radical (unpaired) electrons. The van der Waals surface area contributed by atoms with Gasteiger partial charge >= 0.3 is 0 Å². The van der Waals surface area contributed by atoms with Gasteiger partial charge < -0.3 is 14.6 Å². The van der Waals surface area contributed by atoms with Crippen LogP contribution in [-0.4, -0.2) is 54.6 Å². The van der Waals surface area contributed by atoms with Crippen molar-refractivity contribution in [1.82, 2.24) is 4.90 Å². The highest BCUT2D eigenvalue weighted by atomic mass is 35.5. The third-order valence-electron chi connectivity index (χ3n) is 5.61. The van der Waals surface area contributed by atoms with Crippen molar-refractivity contribution >= 4 is 11.6 Å². The Hall–Kier alpha value is -0.880. The Morgan fingerprint density at radius 3 is 2.77 bits per heavy atom. The van der Waals surface area contributed by atoms with Crippen LogP contribution < -0.4 is 4.74 Å². The zero-order valence-corrected chi connectivity index (χ0v) is 16.4. The van der Waals surface area contributed by atoms with Gasteiger partial charge in [-0.2, -0.15) is 0 Å². The summed E-state index contributed by atoms with van der Waals surface area (Å²) in [5.74, 6) is -0.0398. The van der Waals surface area contributed by atoms with Crippen molar-refractivity contribution in [3.63, 3.8) is 0 Å². The smallest absolute Gasteiger partial charge is 0.142 e. The third kappa shape index (κ3) is 5.10. The molecule has 1 N–H and O–H groups in total. The molecule has 1 atom stereocenters. The Morgan fingerprint density at radius 1 is 1.35 bits per heavy atom. The molecule has 1 aromatic rings. The largest absolute Gasteiger partial charge is 0.490 e. The van der Waals surface area contributed by atoms with Gasteiger partial charge in [0.25, 0.3) is 0 Å². The van der Waals surface area contributed by atoms with E-state index in [0.29, 0.717) is 30.4 Å². The average Bonchev–Trinajstić information content (AvgIpc) is 2.78. The quantitative estimate of drug-likeness (QED) is 0.853. The summed E-state index contributed by atoms with van der Waals surface area (Å²) in [5, 5.41) is 11.1. The van der Waals surface area contributed by atoms with E-state index in [1.807, 2.05) is 0 Å². The van der Waals surface area contributed by atoms with Crippen molar-refractivity contribution in [2.24, 2.45) is 5.41 Å². The fourth-order valence-corrected chi connectivity index (χ4v) is 4.05. The maximum atomic E-state index is 13.3. The summed E-state index contributed by atoms with van der Waals surface area (Å²) in [6.07, 6.45) is 4.71. The van der Waals surface area contributed by atoms with Crippen LogP contribution in [0.4, 0.5) is 4.39 Å². The molecule has 1 aromatic carbocycles. The molecule has 6 heteroatoms. The first kappa shape index (κ1) is 19.9. The van der Waals surface area contributed by atoms with Gasteiger partial charge in [-0.05, 0) is 43.2 Å². The van der Waals surface area contributed by atoms with E-state index in [1.165, 1.54) is 31.0 Å². The Bertz CT molecular complexity index is 617. The van der Waals surface area contributed by atoms with Crippen molar-refractivity contribution in [3.05, 3.63) is 29.0 Å². The van der Waals surface area contributed by atoms with E-state index in [2.05, 4.69) is 18.7 Å². The molecule has 2 aliphatic rings. The second-order valence-electron chi connectivity index (χ2n) is 8.51. The van der Waals surface area contributed by atoms with E-state index in [1.54, 1.807) is 0 Å². The lowest BCUT2D eigenvalue weighted by Gasteiger charge is -2.41. The molecule has 1 saturated carbocycles. The van der Waals surface area contributed by atoms with Gasteiger partial charge in [0, 0.05) is 25.2 Å². The van der Waals surface area contributed by atoms with E-state index in [-0.39, 0.29) is 18.2 Å². The summed E-state index contributed by atoms with van der Waals surface area (Å²) in [5.41, 5.74) is -0.676. The molecule has 0 spiro atoms. The highest BCUT2D eigenvalue weighted by molar-refractivity contribution is 6.30. The Labute approximate surface area is 160 Å². The van der Waals surface area contributed by atoms with Crippen molar-refractivity contribution in [1.29, 1.82) is 0 Å². The first-order chi connectivity index (χ1) is 12.3. The molecule has 0 amide bonds. The minimum Gasteiger partial charge on any atom is -0.490 e. The molecule has 146 valence electrons. The maximum Gasteiger partial charge on any atom is 0.142 e. The van der Waals surface area contributed by atoms with Crippen LogP contribution in [-0.2, 0) is 4.74 Å². The lowest BCUT2D eigenvalue weighted by Crippen LogP contribution is -2.52. The minimum absolute atomic E-state index is 0.0121. The molecular formula is C20H29ClFNO3. The zero-order valence-electron chi connectivity index (χ0n) is 15.6. The minimum atomic E-state index is -1.09. The lowest BCUT2D eigenvalue weighted by molar-refractivity contribution is -0.0691. The van der Waals surface area contributed by atoms with Gasteiger partial charge in [0.05, 0.1) is 18.2 Å². The van der Waals surface area contributed by atoms with E-state index >= 15 is 0 Å². The van der Waals surface area contributed by atoms with Crippen molar-refractivity contribution in [3.8, 4) is 5.75 Å². The third-order valence-corrected chi connectivity index (χ3v) is 5.90. The first-order valence-corrected chi connectivity index (χ1v) is 9.76. The lowest BCUT2D eigenvalue weighted by atomic mass is 9.75. The second-order valence-corrected chi connectivity index (χ2v) is 8.91. The van der Waals surface area contributed by atoms with Crippen LogP contribution in [0.15, 0.2) is 18.2 Å². The maximum absolute atomic E-state index is 13.3. The van der Waals surface area contributed by atoms with Crippen LogP contribution in [0.5, 0.6) is 5.75 Å². The fraction of sp³-hybridized carbons (Fsp3) is 0.700. The van der Waals surface area contributed by atoms with Gasteiger partial charge in [0.15, 0.2) is 0 Å². The summed E-state index contributed by atoms with van der Waals surface area (Å²) in [6, 6.07) is 4.69. The molecule has 1 aliphatic carbocycles. The average molecular weight is 386 g/mol. The number of benzene rings is 1. The molecule has 2 fully saturated rings. The van der Waals surface area contributed by atoms with Crippen LogP contribution in [0.3, 0.4) is 0 Å². The van der Waals surface area contributed by atoms with Crippen molar-refractivity contribution in [2.75, 3.05) is 32.9 Å².